The van der Waals surface area contributed by atoms with Crippen LogP contribution in [0.4, 0.5) is 0 Å². The summed E-state index contributed by atoms with van der Waals surface area (Å²) in [6.45, 7) is 12.3. The summed E-state index contributed by atoms with van der Waals surface area (Å²) in [4.78, 5) is 16.6. The number of aryl methyl sites for hydroxylation is 2. The van der Waals surface area contributed by atoms with Crippen LogP contribution in [0.2, 0.25) is 0 Å². The van der Waals surface area contributed by atoms with Gasteiger partial charge in [-0.2, -0.15) is 29.3 Å². The first-order chi connectivity index (χ1) is 17.3. The van der Waals surface area contributed by atoms with Crippen LogP contribution in [0.15, 0.2) is 65.5 Å². The molecule has 0 saturated heterocycles. The number of hydrogen-bond acceptors (Lipinski definition) is 3. The van der Waals surface area contributed by atoms with Gasteiger partial charge >= 0.3 is 5.49 Å². The minimum atomic E-state index is 0. The summed E-state index contributed by atoms with van der Waals surface area (Å²) in [5, 5.41) is 12.2. The number of hydrogen-bond donors (Lipinski definition) is 1. The summed E-state index contributed by atoms with van der Waals surface area (Å²) in [5.74, 6) is 0.547. The number of aliphatic hydroxyl groups is 1. The van der Waals surface area contributed by atoms with Gasteiger partial charge < -0.3 is 5.11 Å². The number of fused-ring (bicyclic) bond motifs is 3. The molecular formula is C32H40IrN2O2. The van der Waals surface area contributed by atoms with Gasteiger partial charge in [-0.05, 0) is 43.2 Å². The molecule has 5 heteroatoms. The van der Waals surface area contributed by atoms with Crippen molar-refractivity contribution in [2.75, 3.05) is 0 Å². The van der Waals surface area contributed by atoms with Crippen molar-refractivity contribution in [1.82, 2.24) is 0 Å². The van der Waals surface area contributed by atoms with Gasteiger partial charge in [0.05, 0.1) is 17.3 Å². The Morgan fingerprint density at radius 3 is 2.30 bits per heavy atom. The molecule has 0 spiro atoms. The second kappa shape index (κ2) is 14.4. The van der Waals surface area contributed by atoms with Gasteiger partial charge in [-0.3, -0.25) is 4.79 Å². The van der Waals surface area contributed by atoms with Gasteiger partial charge in [0.2, 0.25) is 0 Å². The third-order valence-corrected chi connectivity index (χ3v) is 6.99. The molecule has 4 rings (SSSR count). The van der Waals surface area contributed by atoms with Gasteiger partial charge in [0.15, 0.2) is 11.8 Å². The Labute approximate surface area is 235 Å². The first kappa shape index (κ1) is 30.6. The van der Waals surface area contributed by atoms with E-state index in [0.29, 0.717) is 0 Å². The number of carbonyl (C=O) groups excluding carboxylic acids is 1. The molecule has 199 valence electrons. The summed E-state index contributed by atoms with van der Waals surface area (Å²) in [7, 11) is 0. The zero-order chi connectivity index (χ0) is 26.2. The van der Waals surface area contributed by atoms with Crippen molar-refractivity contribution in [1.29, 1.82) is 0 Å². The summed E-state index contributed by atoms with van der Waals surface area (Å²) < 4.78 is 2.12. The van der Waals surface area contributed by atoms with E-state index >= 15 is 0 Å². The van der Waals surface area contributed by atoms with Crippen LogP contribution in [-0.2, 0) is 24.9 Å². The molecule has 0 bridgehead atoms. The normalized spacial score (nSPS) is 14.4. The molecular weight excluding hydrogens is 637 g/mol. The van der Waals surface area contributed by atoms with E-state index in [1.807, 2.05) is 27.7 Å². The predicted octanol–water partition coefficient (Wildman–Crippen LogP) is 6.80. The Hall–Kier alpha value is -2.62. The van der Waals surface area contributed by atoms with Crippen molar-refractivity contribution in [3.8, 4) is 0 Å². The van der Waals surface area contributed by atoms with Crippen molar-refractivity contribution in [2.45, 2.75) is 73.3 Å². The van der Waals surface area contributed by atoms with E-state index in [2.05, 4.69) is 79.0 Å². The minimum absolute atomic E-state index is 0. The van der Waals surface area contributed by atoms with E-state index in [1.165, 1.54) is 28.0 Å². The SMILES string of the molecule is CCC(CC)C(=O)/C=C(\O)C(CC)CC.Cc1[c-]c(C2C=[n+]3ccc4ccccc4c3=N2)cc(C)c1.[Ir]. The summed E-state index contributed by atoms with van der Waals surface area (Å²) in [5.41, 5.74) is 4.60. The Morgan fingerprint density at radius 1 is 1.03 bits per heavy atom. The fourth-order valence-corrected chi connectivity index (χ4v) is 4.81. The van der Waals surface area contributed by atoms with Gasteiger partial charge in [-0.15, -0.1) is 5.56 Å². The number of aliphatic hydroxyl groups excluding tert-OH is 1. The molecule has 0 aliphatic carbocycles. The number of allylic oxidation sites excluding steroid dienone is 2. The Morgan fingerprint density at radius 2 is 1.68 bits per heavy atom. The molecule has 1 radical (unpaired) electrons. The maximum Gasteiger partial charge on any atom is 0.330 e. The van der Waals surface area contributed by atoms with Crippen LogP contribution >= 0.6 is 0 Å². The number of ketones is 1. The van der Waals surface area contributed by atoms with E-state index in [9.17, 15) is 9.90 Å². The Balaban J connectivity index is 0.000000271. The summed E-state index contributed by atoms with van der Waals surface area (Å²) >= 11 is 0. The standard InChI is InChI=1S/C19H16N2.C13H24O2.Ir/c1-13-9-14(2)11-16(10-13)18-12-21-8-7-15-5-3-4-6-17(15)19(21)20-18;1-5-10(6-2)12(14)9-13(15)11(7-3)8-4;/h3-10,12,18H,1-2H3;9-11,14H,5-8H2,1-4H3;/b;12-9-;. The van der Waals surface area contributed by atoms with Crippen LogP contribution in [0, 0.1) is 38.0 Å². The molecule has 0 fully saturated rings. The number of nitrogens with zero attached hydrogens (tertiary/aromatic N) is 2. The van der Waals surface area contributed by atoms with Gasteiger partial charge in [-0.25, -0.2) is 4.24 Å². The molecule has 0 saturated carbocycles. The zero-order valence-corrected chi connectivity index (χ0v) is 25.3. The fraction of sp³-hybridized carbons (Fsp3) is 0.406. The van der Waals surface area contributed by atoms with Crippen molar-refractivity contribution >= 4 is 16.6 Å². The van der Waals surface area contributed by atoms with Crippen LogP contribution in [0.1, 0.15) is 76.1 Å². The molecule has 4 nitrogen and oxygen atoms in total. The van der Waals surface area contributed by atoms with Crippen LogP contribution < -0.4 is 9.73 Å². The Bertz CT molecular complexity index is 1330. The average Bonchev–Trinajstić information content (AvgIpc) is 3.30. The average molecular weight is 677 g/mol. The number of pyridine rings is 1. The molecule has 1 unspecified atom stereocenters. The largest absolute Gasteiger partial charge is 0.512 e. The van der Waals surface area contributed by atoms with E-state index < -0.39 is 0 Å². The summed E-state index contributed by atoms with van der Waals surface area (Å²) in [6.07, 6.45) is 9.15. The fourth-order valence-electron chi connectivity index (χ4n) is 4.81. The number of carbonyl (C=O) groups is 1. The molecule has 37 heavy (non-hydrogen) atoms. The van der Waals surface area contributed by atoms with Crippen molar-refractivity contribution in [3.05, 3.63) is 95.0 Å². The van der Waals surface area contributed by atoms with Crippen LogP contribution in [-0.4, -0.2) is 10.9 Å². The number of benzene rings is 2. The maximum absolute atomic E-state index is 11.7. The van der Waals surface area contributed by atoms with Gasteiger partial charge in [0.25, 0.3) is 0 Å². The molecule has 2 aromatic carbocycles. The second-order valence-corrected chi connectivity index (χ2v) is 9.65. The first-order valence-electron chi connectivity index (χ1n) is 13.2. The van der Waals surface area contributed by atoms with E-state index in [4.69, 9.17) is 4.99 Å². The third kappa shape index (κ3) is 7.69. The third-order valence-electron chi connectivity index (χ3n) is 6.99. The van der Waals surface area contributed by atoms with Crippen LogP contribution in [0.25, 0.3) is 10.8 Å². The van der Waals surface area contributed by atoms with E-state index in [1.54, 1.807) is 0 Å². The number of rotatable bonds is 8. The smallest absolute Gasteiger partial charge is 0.330 e. The monoisotopic (exact) mass is 677 g/mol. The molecule has 3 aromatic rings. The second-order valence-electron chi connectivity index (χ2n) is 9.65. The molecule has 1 atom stereocenters. The van der Waals surface area contributed by atoms with Gasteiger partial charge in [0, 0.05) is 38.0 Å². The van der Waals surface area contributed by atoms with Crippen LogP contribution in [0.3, 0.4) is 0 Å². The zero-order valence-electron chi connectivity index (χ0n) is 22.9. The van der Waals surface area contributed by atoms with Crippen molar-refractivity contribution in [2.24, 2.45) is 16.8 Å². The number of aromatic nitrogens is 1. The quantitative estimate of drug-likeness (QED) is 0.124. The van der Waals surface area contributed by atoms with E-state index in [-0.39, 0.29) is 49.5 Å². The maximum atomic E-state index is 11.7. The molecule has 1 N–H and O–H groups in total. The summed E-state index contributed by atoms with van der Waals surface area (Å²) in [6, 6.07) is 18.3. The molecule has 0 amide bonds. The minimum Gasteiger partial charge on any atom is -0.512 e. The molecule has 1 aliphatic rings. The Kier molecular flexibility index (Phi) is 11.9. The van der Waals surface area contributed by atoms with Crippen molar-refractivity contribution < 1.29 is 34.2 Å². The molecule has 1 aromatic heterocycles. The first-order valence-corrected chi connectivity index (χ1v) is 13.2. The van der Waals surface area contributed by atoms with Gasteiger partial charge in [-0.1, -0.05) is 64.7 Å². The molecule has 2 heterocycles. The topological polar surface area (TPSA) is 55.6 Å². The van der Waals surface area contributed by atoms with Crippen LogP contribution in [0.5, 0.6) is 0 Å². The van der Waals surface area contributed by atoms with E-state index in [0.717, 1.165) is 36.7 Å². The van der Waals surface area contributed by atoms with Gasteiger partial charge in [0.1, 0.15) is 6.21 Å². The predicted molar refractivity (Wildman–Crippen MR) is 146 cm³/mol. The van der Waals surface area contributed by atoms with Crippen molar-refractivity contribution in [3.63, 3.8) is 0 Å². The molecule has 1 aliphatic heterocycles.